The van der Waals surface area contributed by atoms with Gasteiger partial charge in [-0.2, -0.15) is 0 Å². The first-order chi connectivity index (χ1) is 6.09. The van der Waals surface area contributed by atoms with Crippen molar-refractivity contribution >= 4 is 10.8 Å². The Morgan fingerprint density at radius 2 is 2.15 bits per heavy atom. The molecule has 2 unspecified atom stereocenters. The molecule has 1 aromatic rings. The maximum Gasteiger partial charge on any atom is 0.142 e. The predicted molar refractivity (Wildman–Crippen MR) is 44.6 cm³/mol. The first kappa shape index (κ1) is 8.77. The van der Waals surface area contributed by atoms with Crippen molar-refractivity contribution < 1.29 is 13.0 Å². The first-order valence-corrected chi connectivity index (χ1v) is 5.04. The molecule has 0 fully saturated rings. The molecular formula is C8H7F2NOS. The van der Waals surface area contributed by atoms with Gasteiger partial charge in [0.15, 0.2) is 0 Å². The van der Waals surface area contributed by atoms with E-state index in [4.69, 9.17) is 5.73 Å². The summed E-state index contributed by atoms with van der Waals surface area (Å²) in [7, 11) is -1.41. The third kappa shape index (κ3) is 1.28. The predicted octanol–water partition coefficient (Wildman–Crippen LogP) is 1.09. The van der Waals surface area contributed by atoms with Crippen molar-refractivity contribution in [1.29, 1.82) is 0 Å². The van der Waals surface area contributed by atoms with E-state index in [1.54, 1.807) is 0 Å². The highest BCUT2D eigenvalue weighted by Crippen LogP contribution is 2.31. The van der Waals surface area contributed by atoms with Crippen molar-refractivity contribution in [2.24, 2.45) is 5.73 Å². The van der Waals surface area contributed by atoms with Gasteiger partial charge >= 0.3 is 0 Å². The molecular weight excluding hydrogens is 196 g/mol. The number of benzene rings is 1. The molecule has 2 N–H and O–H groups in total. The zero-order chi connectivity index (χ0) is 9.59. The van der Waals surface area contributed by atoms with Crippen LogP contribution in [0.5, 0.6) is 0 Å². The lowest BCUT2D eigenvalue weighted by Crippen LogP contribution is -2.10. The van der Waals surface area contributed by atoms with Gasteiger partial charge in [-0.1, -0.05) is 0 Å². The number of hydrogen-bond acceptors (Lipinski definition) is 2. The second kappa shape index (κ2) is 2.85. The fraction of sp³-hybridized carbons (Fsp3) is 0.250. The Labute approximate surface area is 76.2 Å². The van der Waals surface area contributed by atoms with Crippen LogP contribution in [-0.4, -0.2) is 9.96 Å². The quantitative estimate of drug-likeness (QED) is 0.685. The number of fused-ring (bicyclic) bond motifs is 1. The molecule has 2 atom stereocenters. The van der Waals surface area contributed by atoms with Gasteiger partial charge in [-0.3, -0.25) is 4.21 Å². The van der Waals surface area contributed by atoms with Crippen LogP contribution in [0.15, 0.2) is 17.0 Å². The molecule has 0 amide bonds. The molecule has 70 valence electrons. The minimum atomic E-state index is -1.41. The fourth-order valence-electron chi connectivity index (χ4n) is 1.43. The smallest absolute Gasteiger partial charge is 0.142 e. The van der Waals surface area contributed by atoms with E-state index >= 15 is 0 Å². The van der Waals surface area contributed by atoms with Crippen molar-refractivity contribution in [2.75, 3.05) is 5.75 Å². The lowest BCUT2D eigenvalue weighted by molar-refractivity contribution is 0.557. The minimum Gasteiger partial charge on any atom is -0.323 e. The monoisotopic (exact) mass is 203 g/mol. The summed E-state index contributed by atoms with van der Waals surface area (Å²) in [5, 5.41) is 0. The maximum atomic E-state index is 13.1. The van der Waals surface area contributed by atoms with Gasteiger partial charge in [0.05, 0.1) is 15.7 Å². The summed E-state index contributed by atoms with van der Waals surface area (Å²) in [5.74, 6) is -1.26. The molecule has 0 bridgehead atoms. The number of nitrogens with two attached hydrogens (primary N) is 1. The average molecular weight is 203 g/mol. The summed E-state index contributed by atoms with van der Waals surface area (Å²) >= 11 is 0. The van der Waals surface area contributed by atoms with E-state index in [0.29, 0.717) is 5.56 Å². The van der Waals surface area contributed by atoms with Gasteiger partial charge in [0.1, 0.15) is 11.6 Å². The Hall–Kier alpha value is -0.810. The summed E-state index contributed by atoms with van der Waals surface area (Å²) in [4.78, 5) is 0.0638. The second-order valence-electron chi connectivity index (χ2n) is 2.92. The molecule has 1 aliphatic rings. The van der Waals surface area contributed by atoms with Gasteiger partial charge in [-0.25, -0.2) is 8.78 Å². The van der Waals surface area contributed by atoms with E-state index in [-0.39, 0.29) is 10.6 Å². The van der Waals surface area contributed by atoms with Crippen LogP contribution in [0.2, 0.25) is 0 Å². The summed E-state index contributed by atoms with van der Waals surface area (Å²) < 4.78 is 37.1. The number of halogens is 2. The molecule has 0 aromatic heterocycles. The standard InChI is InChI=1S/C8H7F2NOS/c9-4-1-5-7(11)3-13(12)8(5)6(10)2-4/h1-2,7H,3,11H2. The molecule has 2 nitrogen and oxygen atoms in total. The van der Waals surface area contributed by atoms with Crippen LogP contribution < -0.4 is 5.73 Å². The van der Waals surface area contributed by atoms with Crippen LogP contribution in [-0.2, 0) is 10.8 Å². The van der Waals surface area contributed by atoms with Crippen molar-refractivity contribution in [3.63, 3.8) is 0 Å². The SMILES string of the molecule is NC1CS(=O)c2c(F)cc(F)cc21. The van der Waals surface area contributed by atoms with E-state index < -0.39 is 28.5 Å². The molecule has 5 heteroatoms. The maximum absolute atomic E-state index is 13.1. The van der Waals surface area contributed by atoms with Crippen LogP contribution in [0.4, 0.5) is 8.78 Å². The summed E-state index contributed by atoms with van der Waals surface area (Å²) in [6.07, 6.45) is 0. The van der Waals surface area contributed by atoms with Gasteiger partial charge in [0.25, 0.3) is 0 Å². The van der Waals surface area contributed by atoms with E-state index in [0.717, 1.165) is 12.1 Å². The molecule has 2 rings (SSSR count). The van der Waals surface area contributed by atoms with Gasteiger partial charge in [-0.15, -0.1) is 0 Å². The highest BCUT2D eigenvalue weighted by molar-refractivity contribution is 7.85. The lowest BCUT2D eigenvalue weighted by atomic mass is 10.1. The third-order valence-corrected chi connectivity index (χ3v) is 3.54. The molecule has 0 aliphatic carbocycles. The molecule has 0 radical (unpaired) electrons. The van der Waals surface area contributed by atoms with Gasteiger partial charge in [0.2, 0.25) is 0 Å². The summed E-state index contributed by atoms with van der Waals surface area (Å²) in [6.45, 7) is 0. The van der Waals surface area contributed by atoms with Crippen molar-refractivity contribution in [3.05, 3.63) is 29.3 Å². The Kier molecular flexibility index (Phi) is 1.92. The van der Waals surface area contributed by atoms with Crippen LogP contribution in [0.25, 0.3) is 0 Å². The zero-order valence-corrected chi connectivity index (χ0v) is 7.41. The number of hydrogen-bond donors (Lipinski definition) is 1. The first-order valence-electron chi connectivity index (χ1n) is 3.72. The highest BCUT2D eigenvalue weighted by Gasteiger charge is 2.29. The third-order valence-electron chi connectivity index (χ3n) is 2.00. The van der Waals surface area contributed by atoms with Crippen molar-refractivity contribution in [2.45, 2.75) is 10.9 Å². The zero-order valence-electron chi connectivity index (χ0n) is 6.59. The Bertz CT molecular complexity index is 394. The van der Waals surface area contributed by atoms with Crippen LogP contribution >= 0.6 is 0 Å². The van der Waals surface area contributed by atoms with Crippen LogP contribution in [0, 0.1) is 11.6 Å². The Morgan fingerprint density at radius 3 is 2.85 bits per heavy atom. The summed E-state index contributed by atoms with van der Waals surface area (Å²) in [6, 6.07) is 1.36. The van der Waals surface area contributed by atoms with Crippen LogP contribution in [0.1, 0.15) is 11.6 Å². The molecule has 1 aromatic carbocycles. The van der Waals surface area contributed by atoms with Gasteiger partial charge < -0.3 is 5.73 Å². The van der Waals surface area contributed by atoms with E-state index in [2.05, 4.69) is 0 Å². The molecule has 1 aliphatic heterocycles. The largest absolute Gasteiger partial charge is 0.323 e. The van der Waals surface area contributed by atoms with Gasteiger partial charge in [0, 0.05) is 17.9 Å². The van der Waals surface area contributed by atoms with Crippen molar-refractivity contribution in [3.8, 4) is 0 Å². The van der Waals surface area contributed by atoms with E-state index in [9.17, 15) is 13.0 Å². The molecule has 0 saturated heterocycles. The van der Waals surface area contributed by atoms with E-state index in [1.807, 2.05) is 0 Å². The molecule has 0 spiro atoms. The molecule has 1 heterocycles. The minimum absolute atomic E-state index is 0.0638. The fourth-order valence-corrected chi connectivity index (χ4v) is 2.85. The topological polar surface area (TPSA) is 43.1 Å². The van der Waals surface area contributed by atoms with E-state index in [1.165, 1.54) is 0 Å². The average Bonchev–Trinajstić information content (AvgIpc) is 2.27. The lowest BCUT2D eigenvalue weighted by Gasteiger charge is -2.02. The Balaban J connectivity index is 2.69. The van der Waals surface area contributed by atoms with Gasteiger partial charge in [-0.05, 0) is 11.6 Å². The van der Waals surface area contributed by atoms with Crippen LogP contribution in [0.3, 0.4) is 0 Å². The highest BCUT2D eigenvalue weighted by atomic mass is 32.2. The molecule has 13 heavy (non-hydrogen) atoms. The van der Waals surface area contributed by atoms with Crippen molar-refractivity contribution in [1.82, 2.24) is 0 Å². The molecule has 0 saturated carbocycles. The Morgan fingerprint density at radius 1 is 1.46 bits per heavy atom. The number of rotatable bonds is 0. The second-order valence-corrected chi connectivity index (χ2v) is 4.36. The normalized spacial score (nSPS) is 26.1. The summed E-state index contributed by atoms with van der Waals surface area (Å²) in [5.41, 5.74) is 5.88.